The van der Waals surface area contributed by atoms with Crippen molar-refractivity contribution in [1.82, 2.24) is 0 Å². The third kappa shape index (κ3) is 6.12. The molecule has 0 spiro atoms. The zero-order valence-electron chi connectivity index (χ0n) is 11.2. The minimum absolute atomic E-state index is 0.806. The van der Waals surface area contributed by atoms with E-state index >= 15 is 0 Å². The number of allylic oxidation sites excluding steroid dienone is 1. The fourth-order valence-corrected chi connectivity index (χ4v) is 1.90. The molecule has 0 saturated carbocycles. The van der Waals surface area contributed by atoms with Crippen molar-refractivity contribution in [3.8, 4) is 0 Å². The van der Waals surface area contributed by atoms with Gasteiger partial charge in [0.05, 0.1) is 33.5 Å². The Morgan fingerprint density at radius 3 is 2.53 bits per heavy atom. The number of hydrogen-bond acceptors (Lipinski definition) is 1. The highest BCUT2D eigenvalue weighted by atomic mass is 16.5. The van der Waals surface area contributed by atoms with Crippen molar-refractivity contribution in [2.75, 3.05) is 27.2 Å². The summed E-state index contributed by atoms with van der Waals surface area (Å²) in [5.41, 5.74) is 1.40. The van der Waals surface area contributed by atoms with E-state index in [9.17, 15) is 0 Å². The van der Waals surface area contributed by atoms with Crippen LogP contribution in [0.15, 0.2) is 42.7 Å². The Morgan fingerprint density at radius 1 is 1.18 bits per heavy atom. The molecule has 1 aromatic carbocycles. The predicted octanol–water partition coefficient (Wildman–Crippen LogP) is 3.20. The summed E-state index contributed by atoms with van der Waals surface area (Å²) in [7, 11) is 4.53. The number of benzene rings is 1. The van der Waals surface area contributed by atoms with Gasteiger partial charge in [0, 0.05) is 12.0 Å². The van der Waals surface area contributed by atoms with Gasteiger partial charge in [0.1, 0.15) is 6.54 Å². The third-order valence-corrected chi connectivity index (χ3v) is 2.71. The molecule has 0 aromatic heterocycles. The van der Waals surface area contributed by atoms with E-state index in [1.807, 2.05) is 13.0 Å². The summed E-state index contributed by atoms with van der Waals surface area (Å²) >= 11 is 0. The Labute approximate surface area is 105 Å². The highest BCUT2D eigenvalue weighted by Crippen LogP contribution is 2.09. The van der Waals surface area contributed by atoms with Crippen LogP contribution in [0.5, 0.6) is 0 Å². The SMILES string of the molecule is CC=COCCC[N+](C)(C)Cc1ccccc1. The van der Waals surface area contributed by atoms with Crippen LogP contribution in [0.1, 0.15) is 18.9 Å². The second kappa shape index (κ2) is 7.13. The van der Waals surface area contributed by atoms with Gasteiger partial charge in [-0.05, 0) is 6.92 Å². The van der Waals surface area contributed by atoms with Gasteiger partial charge in [0.25, 0.3) is 0 Å². The second-order valence-corrected chi connectivity index (χ2v) is 5.00. The maximum atomic E-state index is 5.34. The van der Waals surface area contributed by atoms with Crippen molar-refractivity contribution >= 4 is 0 Å². The van der Waals surface area contributed by atoms with Crippen LogP contribution in [0.2, 0.25) is 0 Å². The molecule has 0 heterocycles. The monoisotopic (exact) mass is 234 g/mol. The Hall–Kier alpha value is -1.28. The summed E-state index contributed by atoms with van der Waals surface area (Å²) in [6.45, 7) is 4.98. The highest BCUT2D eigenvalue weighted by Gasteiger charge is 2.14. The minimum atomic E-state index is 0.806. The van der Waals surface area contributed by atoms with Crippen molar-refractivity contribution in [1.29, 1.82) is 0 Å². The van der Waals surface area contributed by atoms with Crippen LogP contribution in [0.3, 0.4) is 0 Å². The summed E-state index contributed by atoms with van der Waals surface area (Å²) in [6, 6.07) is 10.6. The molecule has 0 unspecified atom stereocenters. The largest absolute Gasteiger partial charge is 0.501 e. The molecule has 1 aromatic rings. The summed E-state index contributed by atoms with van der Waals surface area (Å²) in [4.78, 5) is 0. The molecular formula is C15H24NO+. The van der Waals surface area contributed by atoms with E-state index in [1.54, 1.807) is 6.26 Å². The van der Waals surface area contributed by atoms with Crippen molar-refractivity contribution in [2.24, 2.45) is 0 Å². The van der Waals surface area contributed by atoms with Gasteiger partial charge in [0.15, 0.2) is 0 Å². The van der Waals surface area contributed by atoms with Crippen LogP contribution < -0.4 is 0 Å². The maximum absolute atomic E-state index is 5.34. The summed E-state index contributed by atoms with van der Waals surface area (Å²) in [5.74, 6) is 0. The lowest BCUT2D eigenvalue weighted by molar-refractivity contribution is -0.903. The summed E-state index contributed by atoms with van der Waals surface area (Å²) in [6.07, 6.45) is 4.77. The molecule has 0 amide bonds. The molecule has 2 heteroatoms. The van der Waals surface area contributed by atoms with Gasteiger partial charge in [-0.25, -0.2) is 0 Å². The smallest absolute Gasteiger partial charge is 0.104 e. The highest BCUT2D eigenvalue weighted by molar-refractivity contribution is 5.13. The average molecular weight is 234 g/mol. The second-order valence-electron chi connectivity index (χ2n) is 5.00. The molecular weight excluding hydrogens is 210 g/mol. The fraction of sp³-hybridized carbons (Fsp3) is 0.467. The first-order valence-electron chi connectivity index (χ1n) is 6.23. The summed E-state index contributed by atoms with van der Waals surface area (Å²) in [5, 5.41) is 0. The van der Waals surface area contributed by atoms with Crippen LogP contribution in [-0.2, 0) is 11.3 Å². The molecule has 94 valence electrons. The molecule has 0 radical (unpaired) electrons. The van der Waals surface area contributed by atoms with Crippen molar-refractivity contribution in [3.63, 3.8) is 0 Å². The van der Waals surface area contributed by atoms with Crippen LogP contribution in [0, 0.1) is 0 Å². The van der Waals surface area contributed by atoms with Gasteiger partial charge in [-0.15, -0.1) is 0 Å². The number of hydrogen-bond donors (Lipinski definition) is 0. The summed E-state index contributed by atoms with van der Waals surface area (Å²) < 4.78 is 6.34. The number of ether oxygens (including phenoxy) is 1. The molecule has 17 heavy (non-hydrogen) atoms. The number of rotatable bonds is 7. The van der Waals surface area contributed by atoms with E-state index in [4.69, 9.17) is 4.74 Å². The molecule has 0 aliphatic carbocycles. The zero-order chi connectivity index (χ0) is 12.6. The Balaban J connectivity index is 2.31. The molecule has 0 aliphatic rings. The number of quaternary nitrogens is 1. The lowest BCUT2D eigenvalue weighted by Crippen LogP contribution is -2.39. The number of nitrogens with zero attached hydrogens (tertiary/aromatic N) is 1. The van der Waals surface area contributed by atoms with E-state index in [0.717, 1.165) is 30.6 Å². The van der Waals surface area contributed by atoms with E-state index in [-0.39, 0.29) is 0 Å². The van der Waals surface area contributed by atoms with E-state index in [1.165, 1.54) is 5.56 Å². The van der Waals surface area contributed by atoms with Gasteiger partial charge in [-0.3, -0.25) is 0 Å². The van der Waals surface area contributed by atoms with Gasteiger partial charge < -0.3 is 9.22 Å². The predicted molar refractivity (Wildman–Crippen MR) is 72.5 cm³/mol. The lowest BCUT2D eigenvalue weighted by Gasteiger charge is -2.29. The van der Waals surface area contributed by atoms with Gasteiger partial charge in [0.2, 0.25) is 0 Å². The molecule has 0 atom stereocenters. The molecule has 0 N–H and O–H groups in total. The van der Waals surface area contributed by atoms with Crippen molar-refractivity contribution in [3.05, 3.63) is 48.2 Å². The minimum Gasteiger partial charge on any atom is -0.501 e. The molecule has 2 nitrogen and oxygen atoms in total. The fourth-order valence-electron chi connectivity index (χ4n) is 1.90. The van der Waals surface area contributed by atoms with Crippen LogP contribution >= 0.6 is 0 Å². The first-order chi connectivity index (χ1) is 8.14. The van der Waals surface area contributed by atoms with Crippen LogP contribution in [0.4, 0.5) is 0 Å². The lowest BCUT2D eigenvalue weighted by atomic mass is 10.2. The quantitative estimate of drug-likeness (QED) is 0.400. The van der Waals surface area contributed by atoms with E-state index < -0.39 is 0 Å². The van der Waals surface area contributed by atoms with Crippen molar-refractivity contribution in [2.45, 2.75) is 19.9 Å². The molecule has 0 bridgehead atoms. The molecule has 0 saturated heterocycles. The van der Waals surface area contributed by atoms with Crippen LogP contribution in [0.25, 0.3) is 0 Å². The molecule has 1 rings (SSSR count). The Bertz CT molecular complexity index is 330. The van der Waals surface area contributed by atoms with Crippen molar-refractivity contribution < 1.29 is 9.22 Å². The topological polar surface area (TPSA) is 9.23 Å². The molecule has 0 aliphatic heterocycles. The normalized spacial score (nSPS) is 11.9. The van der Waals surface area contributed by atoms with Gasteiger partial charge in [-0.2, -0.15) is 0 Å². The first kappa shape index (κ1) is 13.8. The Morgan fingerprint density at radius 2 is 1.88 bits per heavy atom. The van der Waals surface area contributed by atoms with E-state index in [2.05, 4.69) is 44.4 Å². The third-order valence-electron chi connectivity index (χ3n) is 2.71. The average Bonchev–Trinajstić information content (AvgIpc) is 2.29. The van der Waals surface area contributed by atoms with Crippen LogP contribution in [-0.4, -0.2) is 31.7 Å². The Kier molecular flexibility index (Phi) is 5.78. The van der Waals surface area contributed by atoms with Gasteiger partial charge in [-0.1, -0.05) is 36.4 Å². The first-order valence-corrected chi connectivity index (χ1v) is 6.23. The van der Waals surface area contributed by atoms with E-state index in [0.29, 0.717) is 0 Å². The van der Waals surface area contributed by atoms with Gasteiger partial charge >= 0.3 is 0 Å². The standard InChI is InChI=1S/C15H24NO/c1-4-12-17-13-8-11-16(2,3)14-15-9-6-5-7-10-15/h4-7,9-10,12H,8,11,13-14H2,1-3H3/q+1. The molecule has 0 fully saturated rings. The maximum Gasteiger partial charge on any atom is 0.104 e. The zero-order valence-corrected chi connectivity index (χ0v) is 11.2.